The van der Waals surface area contributed by atoms with E-state index in [1.807, 2.05) is 24.3 Å². The minimum absolute atomic E-state index is 0.00852. The Bertz CT molecular complexity index is 407. The van der Waals surface area contributed by atoms with Crippen molar-refractivity contribution < 1.29 is 9.53 Å². The van der Waals surface area contributed by atoms with Gasteiger partial charge in [0.2, 0.25) is 0 Å². The minimum atomic E-state index is -0.261. The van der Waals surface area contributed by atoms with E-state index in [0.717, 1.165) is 5.56 Å². The van der Waals surface area contributed by atoms with E-state index in [1.165, 1.54) is 0 Å². The molecule has 0 fully saturated rings. The molecule has 0 radical (unpaired) electrons. The number of ether oxygens (including phenoxy) is 1. The predicted octanol–water partition coefficient (Wildman–Crippen LogP) is 2.57. The average molecular weight is 217 g/mol. The Kier molecular flexibility index (Phi) is 4.68. The largest absolute Gasteiger partial charge is 0.380 e. The first kappa shape index (κ1) is 12.4. The fraction of sp³-hybridized carbons (Fsp3) is 0.385. The van der Waals surface area contributed by atoms with E-state index in [-0.39, 0.29) is 18.1 Å². The highest BCUT2D eigenvalue weighted by Crippen LogP contribution is 2.16. The van der Waals surface area contributed by atoms with Crippen molar-refractivity contribution in [3.63, 3.8) is 0 Å². The molecule has 0 aromatic heterocycles. The Hall–Kier alpha value is -1.66. The monoisotopic (exact) mass is 217 g/mol. The summed E-state index contributed by atoms with van der Waals surface area (Å²) < 4.78 is 5.04. The molecule has 0 spiro atoms. The van der Waals surface area contributed by atoms with Crippen LogP contribution in [0, 0.1) is 17.2 Å². The molecule has 84 valence electrons. The standard InChI is InChI=1S/C13H15NO2/c1-10(7-8-14)13(15)12-6-4-3-5-11(12)9-16-2/h3-6,10H,7,9H2,1-2H3. The van der Waals surface area contributed by atoms with Gasteiger partial charge in [0, 0.05) is 25.0 Å². The van der Waals surface area contributed by atoms with Gasteiger partial charge in [-0.1, -0.05) is 31.2 Å². The molecule has 0 aliphatic heterocycles. The summed E-state index contributed by atoms with van der Waals surface area (Å²) >= 11 is 0. The van der Waals surface area contributed by atoms with Crippen molar-refractivity contribution in [2.75, 3.05) is 7.11 Å². The zero-order valence-corrected chi connectivity index (χ0v) is 9.56. The molecule has 0 aliphatic carbocycles. The number of carbonyl (C=O) groups excluding carboxylic acids is 1. The molecule has 1 atom stereocenters. The number of hydrogen-bond acceptors (Lipinski definition) is 3. The van der Waals surface area contributed by atoms with E-state index in [9.17, 15) is 4.79 Å². The predicted molar refractivity (Wildman–Crippen MR) is 60.9 cm³/mol. The fourth-order valence-electron chi connectivity index (χ4n) is 1.54. The highest BCUT2D eigenvalue weighted by atomic mass is 16.5. The molecule has 0 aliphatic rings. The summed E-state index contributed by atoms with van der Waals surface area (Å²) in [5.74, 6) is -0.253. The van der Waals surface area contributed by atoms with Crippen LogP contribution in [-0.2, 0) is 11.3 Å². The molecule has 1 aromatic rings. The third-order valence-corrected chi connectivity index (χ3v) is 2.43. The summed E-state index contributed by atoms with van der Waals surface area (Å²) in [5.41, 5.74) is 1.53. The molecule has 0 saturated heterocycles. The Labute approximate surface area is 95.7 Å². The topological polar surface area (TPSA) is 50.1 Å². The molecule has 0 amide bonds. The van der Waals surface area contributed by atoms with Crippen LogP contribution < -0.4 is 0 Å². The minimum Gasteiger partial charge on any atom is -0.380 e. The van der Waals surface area contributed by atoms with Gasteiger partial charge >= 0.3 is 0 Å². The average Bonchev–Trinajstić information content (AvgIpc) is 2.29. The highest BCUT2D eigenvalue weighted by Gasteiger charge is 2.17. The zero-order chi connectivity index (χ0) is 12.0. The highest BCUT2D eigenvalue weighted by molar-refractivity contribution is 5.99. The Morgan fingerprint density at radius 2 is 2.19 bits per heavy atom. The molecule has 1 rings (SSSR count). The third kappa shape index (κ3) is 2.91. The van der Waals surface area contributed by atoms with Crippen LogP contribution in [0.5, 0.6) is 0 Å². The second-order valence-electron chi connectivity index (χ2n) is 3.72. The normalized spacial score (nSPS) is 11.8. The lowest BCUT2D eigenvalue weighted by molar-refractivity contribution is 0.0927. The van der Waals surface area contributed by atoms with Gasteiger partial charge in [-0.25, -0.2) is 0 Å². The number of nitrogens with zero attached hydrogens (tertiary/aromatic N) is 1. The number of methoxy groups -OCH3 is 1. The number of nitriles is 1. The second kappa shape index (κ2) is 6.04. The van der Waals surface area contributed by atoms with E-state index in [1.54, 1.807) is 20.1 Å². The number of ketones is 1. The van der Waals surface area contributed by atoms with Gasteiger partial charge in [-0.15, -0.1) is 0 Å². The van der Waals surface area contributed by atoms with Crippen LogP contribution in [0.15, 0.2) is 24.3 Å². The van der Waals surface area contributed by atoms with Crippen LogP contribution in [0.1, 0.15) is 29.3 Å². The summed E-state index contributed by atoms with van der Waals surface area (Å²) in [7, 11) is 1.60. The Balaban J connectivity index is 2.94. The van der Waals surface area contributed by atoms with Crippen molar-refractivity contribution in [1.82, 2.24) is 0 Å². The summed E-state index contributed by atoms with van der Waals surface area (Å²) in [5, 5.41) is 8.58. The van der Waals surface area contributed by atoms with Gasteiger partial charge in [0.15, 0.2) is 5.78 Å². The van der Waals surface area contributed by atoms with Gasteiger partial charge in [0.1, 0.15) is 0 Å². The van der Waals surface area contributed by atoms with E-state index >= 15 is 0 Å². The summed E-state index contributed by atoms with van der Waals surface area (Å²) in [4.78, 5) is 12.0. The van der Waals surface area contributed by atoms with Crippen molar-refractivity contribution in [2.24, 2.45) is 5.92 Å². The lowest BCUT2D eigenvalue weighted by atomic mass is 9.94. The molecular formula is C13H15NO2. The molecule has 0 N–H and O–H groups in total. The number of benzene rings is 1. The van der Waals surface area contributed by atoms with Gasteiger partial charge in [-0.05, 0) is 5.56 Å². The zero-order valence-electron chi connectivity index (χ0n) is 9.56. The van der Waals surface area contributed by atoms with Gasteiger partial charge < -0.3 is 4.74 Å². The lowest BCUT2D eigenvalue weighted by Gasteiger charge is -2.10. The maximum Gasteiger partial charge on any atom is 0.167 e. The van der Waals surface area contributed by atoms with Crippen LogP contribution in [0.4, 0.5) is 0 Å². The van der Waals surface area contributed by atoms with Crippen molar-refractivity contribution in [3.8, 4) is 6.07 Å². The molecule has 16 heavy (non-hydrogen) atoms. The van der Waals surface area contributed by atoms with Crippen molar-refractivity contribution >= 4 is 5.78 Å². The summed E-state index contributed by atoms with van der Waals surface area (Å²) in [6, 6.07) is 9.37. The van der Waals surface area contributed by atoms with Gasteiger partial charge in [0.25, 0.3) is 0 Å². The van der Waals surface area contributed by atoms with Crippen LogP contribution in [0.3, 0.4) is 0 Å². The first-order valence-electron chi connectivity index (χ1n) is 5.18. The van der Waals surface area contributed by atoms with Gasteiger partial charge in [-0.2, -0.15) is 5.26 Å². The molecule has 3 heteroatoms. The summed E-state index contributed by atoms with van der Waals surface area (Å²) in [6.07, 6.45) is 0.250. The molecule has 3 nitrogen and oxygen atoms in total. The van der Waals surface area contributed by atoms with Gasteiger partial charge in [-0.3, -0.25) is 4.79 Å². The lowest BCUT2D eigenvalue weighted by Crippen LogP contribution is -2.13. The maximum atomic E-state index is 12.0. The van der Waals surface area contributed by atoms with Crippen LogP contribution in [0.25, 0.3) is 0 Å². The smallest absolute Gasteiger partial charge is 0.167 e. The van der Waals surface area contributed by atoms with E-state index in [4.69, 9.17) is 10.00 Å². The van der Waals surface area contributed by atoms with E-state index in [0.29, 0.717) is 12.2 Å². The maximum absolute atomic E-state index is 12.0. The number of Topliss-reactive ketones (excluding diaryl/α,β-unsaturated/α-hetero) is 1. The molecule has 1 unspecified atom stereocenters. The molecule has 0 heterocycles. The van der Waals surface area contributed by atoms with E-state index < -0.39 is 0 Å². The number of carbonyl (C=O) groups is 1. The molecule has 0 saturated carbocycles. The quantitative estimate of drug-likeness (QED) is 0.712. The van der Waals surface area contributed by atoms with Crippen LogP contribution in [0.2, 0.25) is 0 Å². The fourth-order valence-corrected chi connectivity index (χ4v) is 1.54. The van der Waals surface area contributed by atoms with Crippen molar-refractivity contribution in [1.29, 1.82) is 5.26 Å². The van der Waals surface area contributed by atoms with Crippen molar-refractivity contribution in [3.05, 3.63) is 35.4 Å². The van der Waals surface area contributed by atoms with Crippen LogP contribution >= 0.6 is 0 Å². The molecule has 0 bridgehead atoms. The molecule has 1 aromatic carbocycles. The number of hydrogen-bond donors (Lipinski definition) is 0. The summed E-state index contributed by atoms with van der Waals surface area (Å²) in [6.45, 7) is 2.19. The molecular weight excluding hydrogens is 202 g/mol. The second-order valence-corrected chi connectivity index (χ2v) is 3.72. The third-order valence-electron chi connectivity index (χ3n) is 2.43. The SMILES string of the molecule is COCc1ccccc1C(=O)C(C)CC#N. The van der Waals surface area contributed by atoms with E-state index in [2.05, 4.69) is 0 Å². The number of rotatable bonds is 5. The van der Waals surface area contributed by atoms with Crippen molar-refractivity contribution in [2.45, 2.75) is 20.0 Å². The van der Waals surface area contributed by atoms with Gasteiger partial charge in [0.05, 0.1) is 12.7 Å². The first-order valence-corrected chi connectivity index (χ1v) is 5.18. The Morgan fingerprint density at radius 1 is 1.50 bits per heavy atom. The Morgan fingerprint density at radius 3 is 2.81 bits per heavy atom. The first-order chi connectivity index (χ1) is 7.70. The van der Waals surface area contributed by atoms with Crippen LogP contribution in [-0.4, -0.2) is 12.9 Å².